The maximum Gasteiger partial charge on any atom is 0.418 e. The third-order valence-electron chi connectivity index (χ3n) is 3.51. The third-order valence-corrected chi connectivity index (χ3v) is 3.51. The van der Waals surface area contributed by atoms with Gasteiger partial charge in [-0.3, -0.25) is 4.99 Å². The molecule has 0 aliphatic heterocycles. The number of nitrogens with two attached hydrogens (primary N) is 1. The van der Waals surface area contributed by atoms with Gasteiger partial charge in [0, 0.05) is 0 Å². The summed E-state index contributed by atoms with van der Waals surface area (Å²) in [5.41, 5.74) is 7.06. The van der Waals surface area contributed by atoms with Crippen molar-refractivity contribution in [2.75, 3.05) is 13.2 Å². The minimum absolute atomic E-state index is 0.00457. The van der Waals surface area contributed by atoms with Crippen LogP contribution in [0.5, 0.6) is 0 Å². The van der Waals surface area contributed by atoms with Crippen molar-refractivity contribution in [1.29, 1.82) is 0 Å². The fourth-order valence-corrected chi connectivity index (χ4v) is 2.25. The summed E-state index contributed by atoms with van der Waals surface area (Å²) in [6.07, 6.45) is 6.56. The first-order valence-corrected chi connectivity index (χ1v) is 8.19. The molecule has 1 aromatic carbocycles. The van der Waals surface area contributed by atoms with Gasteiger partial charge in [0.05, 0.1) is 12.6 Å². The number of ether oxygens (including phenoxy) is 1. The van der Waals surface area contributed by atoms with Gasteiger partial charge in [0.2, 0.25) is 0 Å². The summed E-state index contributed by atoms with van der Waals surface area (Å²) >= 11 is 0. The van der Waals surface area contributed by atoms with Crippen LogP contribution in [0.25, 0.3) is 0 Å². The van der Waals surface area contributed by atoms with Crippen LogP contribution in [-0.2, 0) is 11.2 Å². The molecule has 0 aliphatic carbocycles. The van der Waals surface area contributed by atoms with Gasteiger partial charge in [-0.15, -0.1) is 0 Å². The zero-order chi connectivity index (χ0) is 19.4. The number of imide groups is 1. The minimum atomic E-state index is -0.888. The van der Waals surface area contributed by atoms with E-state index >= 15 is 0 Å². The molecule has 0 saturated carbocycles. The molecule has 0 aliphatic rings. The van der Waals surface area contributed by atoms with Crippen LogP contribution in [-0.4, -0.2) is 42.9 Å². The highest BCUT2D eigenvalue weighted by Gasteiger charge is 2.22. The molecule has 0 aromatic heterocycles. The number of hydrogen-bond donors (Lipinski definition) is 1. The molecule has 0 heterocycles. The first-order chi connectivity index (χ1) is 12.5. The maximum absolute atomic E-state index is 12.3. The second kappa shape index (κ2) is 11.4. The topological polar surface area (TPSA) is 85.0 Å². The lowest BCUT2D eigenvalue weighted by atomic mass is 10.1. The van der Waals surface area contributed by atoms with Crippen LogP contribution in [0.4, 0.5) is 9.59 Å². The molecule has 26 heavy (non-hydrogen) atoms. The van der Waals surface area contributed by atoms with E-state index in [1.54, 1.807) is 24.3 Å². The molecular weight excluding hydrogens is 330 g/mol. The van der Waals surface area contributed by atoms with E-state index < -0.39 is 12.1 Å². The van der Waals surface area contributed by atoms with Crippen molar-refractivity contribution in [2.45, 2.75) is 19.4 Å². The van der Waals surface area contributed by atoms with E-state index in [0.29, 0.717) is 12.0 Å². The van der Waals surface area contributed by atoms with Crippen molar-refractivity contribution < 1.29 is 14.3 Å². The molecule has 1 atom stereocenters. The zero-order valence-electron chi connectivity index (χ0n) is 15.0. The van der Waals surface area contributed by atoms with Crippen molar-refractivity contribution in [2.24, 2.45) is 10.7 Å². The van der Waals surface area contributed by atoms with Gasteiger partial charge < -0.3 is 10.5 Å². The lowest BCUT2D eigenvalue weighted by Gasteiger charge is -2.20. The molecule has 1 aromatic rings. The highest BCUT2D eigenvalue weighted by Crippen LogP contribution is 2.09. The molecule has 0 spiro atoms. The molecule has 2 N–H and O–H groups in total. The van der Waals surface area contributed by atoms with Crippen molar-refractivity contribution in [3.05, 3.63) is 72.4 Å². The van der Waals surface area contributed by atoms with Crippen LogP contribution in [0.2, 0.25) is 0 Å². The number of hydrogen-bond acceptors (Lipinski definition) is 4. The largest absolute Gasteiger partial charge is 0.447 e. The Hall–Kier alpha value is -3.15. The average molecular weight is 355 g/mol. The minimum Gasteiger partial charge on any atom is -0.447 e. The molecule has 6 heteroatoms. The van der Waals surface area contributed by atoms with Gasteiger partial charge in [0.1, 0.15) is 6.61 Å². The summed E-state index contributed by atoms with van der Waals surface area (Å²) in [5.74, 6) is 0. The normalized spacial score (nSPS) is 12.4. The summed E-state index contributed by atoms with van der Waals surface area (Å²) in [4.78, 5) is 28.7. The number of amides is 3. The van der Waals surface area contributed by atoms with Crippen molar-refractivity contribution in [3.63, 3.8) is 0 Å². The van der Waals surface area contributed by atoms with Crippen molar-refractivity contribution in [3.8, 4) is 0 Å². The second-order valence-corrected chi connectivity index (χ2v) is 5.50. The van der Waals surface area contributed by atoms with E-state index in [0.717, 1.165) is 10.5 Å². The standard InChI is InChI=1S/C20H25N3O3/c1-4-9-17(10-5-2)14-23(19(21)24)20(25)26-15-18(22-3)13-16-11-7-6-8-12-16/h4-12,18H,1,3,13-15H2,2H3,(H2,21,24)/b10-5-,17-9+/t18-/m1/s1. The van der Waals surface area contributed by atoms with Gasteiger partial charge in [-0.05, 0) is 31.2 Å². The SMILES string of the molecule is C=C/C=C(\C=C/C)CN(C(N)=O)C(=O)OC[C@@H](Cc1ccccc1)N=C. The maximum atomic E-state index is 12.3. The highest BCUT2D eigenvalue weighted by molar-refractivity contribution is 5.90. The summed E-state index contributed by atoms with van der Waals surface area (Å²) in [6, 6.07) is 8.48. The van der Waals surface area contributed by atoms with Crippen molar-refractivity contribution >= 4 is 18.8 Å². The van der Waals surface area contributed by atoms with Crippen LogP contribution in [0.1, 0.15) is 12.5 Å². The van der Waals surface area contributed by atoms with Crippen LogP contribution >= 0.6 is 0 Å². The third kappa shape index (κ3) is 7.17. The van der Waals surface area contributed by atoms with Crippen LogP contribution < -0.4 is 5.73 Å². The summed E-state index contributed by atoms with van der Waals surface area (Å²) in [5, 5.41) is 0. The van der Waals surface area contributed by atoms with E-state index in [-0.39, 0.29) is 19.2 Å². The van der Waals surface area contributed by atoms with E-state index in [2.05, 4.69) is 18.3 Å². The number of aliphatic imine (C=N–C) groups is 1. The molecule has 3 amide bonds. The Bertz CT molecular complexity index is 681. The number of benzene rings is 1. The molecule has 0 radical (unpaired) electrons. The van der Waals surface area contributed by atoms with E-state index in [1.807, 2.05) is 37.3 Å². The van der Waals surface area contributed by atoms with Gasteiger partial charge in [0.15, 0.2) is 0 Å². The quantitative estimate of drug-likeness (QED) is 0.543. The van der Waals surface area contributed by atoms with Gasteiger partial charge >= 0.3 is 12.1 Å². The monoisotopic (exact) mass is 355 g/mol. The lowest BCUT2D eigenvalue weighted by Crippen LogP contribution is -2.42. The van der Waals surface area contributed by atoms with E-state index in [4.69, 9.17) is 10.5 Å². The predicted molar refractivity (Wildman–Crippen MR) is 104 cm³/mol. The Morgan fingerprint density at radius 1 is 1.35 bits per heavy atom. The molecule has 0 unspecified atom stereocenters. The Labute approximate surface area is 154 Å². The van der Waals surface area contributed by atoms with Gasteiger partial charge in [-0.2, -0.15) is 0 Å². The smallest absolute Gasteiger partial charge is 0.418 e. The van der Waals surface area contributed by atoms with Gasteiger partial charge in [-0.1, -0.05) is 61.2 Å². The number of urea groups is 1. The Kier molecular flexibility index (Phi) is 9.17. The predicted octanol–water partition coefficient (Wildman–Crippen LogP) is 3.50. The fourth-order valence-electron chi connectivity index (χ4n) is 2.25. The lowest BCUT2D eigenvalue weighted by molar-refractivity contribution is 0.109. The van der Waals surface area contributed by atoms with Crippen LogP contribution in [0.15, 0.2) is 71.8 Å². The molecule has 6 nitrogen and oxygen atoms in total. The zero-order valence-corrected chi connectivity index (χ0v) is 15.0. The van der Waals surface area contributed by atoms with Gasteiger partial charge in [0.25, 0.3) is 0 Å². The Morgan fingerprint density at radius 2 is 2.04 bits per heavy atom. The first-order valence-electron chi connectivity index (χ1n) is 8.19. The number of carbonyl (C=O) groups excluding carboxylic acids is 2. The van der Waals surface area contributed by atoms with Crippen LogP contribution in [0, 0.1) is 0 Å². The molecule has 138 valence electrons. The number of nitrogens with zero attached hydrogens (tertiary/aromatic N) is 2. The van der Waals surface area contributed by atoms with Crippen molar-refractivity contribution in [1.82, 2.24) is 4.90 Å². The number of rotatable bonds is 9. The summed E-state index contributed by atoms with van der Waals surface area (Å²) in [6.45, 7) is 8.97. The van der Waals surface area contributed by atoms with E-state index in [1.165, 1.54) is 0 Å². The van der Waals surface area contributed by atoms with Crippen LogP contribution in [0.3, 0.4) is 0 Å². The Morgan fingerprint density at radius 3 is 2.58 bits per heavy atom. The summed E-state index contributed by atoms with van der Waals surface area (Å²) < 4.78 is 5.22. The average Bonchev–Trinajstić information content (AvgIpc) is 2.63. The van der Waals surface area contributed by atoms with Gasteiger partial charge in [-0.25, -0.2) is 14.5 Å². The molecule has 0 bridgehead atoms. The molecule has 0 fully saturated rings. The highest BCUT2D eigenvalue weighted by atomic mass is 16.6. The molecule has 1 rings (SSSR count). The van der Waals surface area contributed by atoms with E-state index in [9.17, 15) is 9.59 Å². The number of carbonyl (C=O) groups is 2. The fraction of sp³-hybridized carbons (Fsp3) is 0.250. The Balaban J connectivity index is 2.71. The second-order valence-electron chi connectivity index (χ2n) is 5.50. The first kappa shape index (κ1) is 20.9. The molecule has 0 saturated heterocycles. The number of primary amides is 1. The molecular formula is C20H25N3O3. The number of allylic oxidation sites excluding steroid dienone is 3. The summed E-state index contributed by atoms with van der Waals surface area (Å²) in [7, 11) is 0.